The number of amides is 2. The highest BCUT2D eigenvalue weighted by Gasteiger charge is 2.21. The van der Waals surface area contributed by atoms with Crippen LogP contribution in [0.3, 0.4) is 0 Å². The van der Waals surface area contributed by atoms with E-state index in [0.717, 1.165) is 5.56 Å². The fourth-order valence-corrected chi connectivity index (χ4v) is 4.51. The van der Waals surface area contributed by atoms with Crippen LogP contribution in [0.15, 0.2) is 65.7 Å². The first-order valence-corrected chi connectivity index (χ1v) is 12.9. The third kappa shape index (κ3) is 5.37. The van der Waals surface area contributed by atoms with Crippen molar-refractivity contribution < 1.29 is 19.1 Å². The van der Waals surface area contributed by atoms with Gasteiger partial charge < -0.3 is 25.4 Å². The van der Waals surface area contributed by atoms with Crippen molar-refractivity contribution in [2.24, 2.45) is 0 Å². The lowest BCUT2D eigenvalue weighted by molar-refractivity contribution is -0.125. The second-order valence-corrected chi connectivity index (χ2v) is 9.45. The van der Waals surface area contributed by atoms with Gasteiger partial charge >= 0.3 is 0 Å². The van der Waals surface area contributed by atoms with Crippen LogP contribution in [0.4, 0.5) is 5.95 Å². The van der Waals surface area contributed by atoms with Crippen LogP contribution in [0, 0.1) is 0 Å². The van der Waals surface area contributed by atoms with Gasteiger partial charge in [0.1, 0.15) is 18.2 Å². The van der Waals surface area contributed by atoms with E-state index in [1.807, 2.05) is 36.4 Å². The lowest BCUT2D eigenvalue weighted by Crippen LogP contribution is -2.35. The Kier molecular flexibility index (Phi) is 6.90. The Morgan fingerprint density at radius 1 is 1.07 bits per heavy atom. The Balaban J connectivity index is 1.25. The molecular formula is C28H26N8O5. The number of hydrogen-bond donors (Lipinski definition) is 4. The molecule has 0 bridgehead atoms. The van der Waals surface area contributed by atoms with E-state index in [0.29, 0.717) is 58.2 Å². The highest BCUT2D eigenvalue weighted by Crippen LogP contribution is 2.31. The number of aromatic nitrogens is 5. The van der Waals surface area contributed by atoms with E-state index >= 15 is 0 Å². The summed E-state index contributed by atoms with van der Waals surface area (Å²) in [6.07, 6.45) is 2.93. The smallest absolute Gasteiger partial charge is 0.267 e. The number of aromatic amines is 1. The molecule has 4 heterocycles. The van der Waals surface area contributed by atoms with E-state index in [1.54, 1.807) is 24.5 Å². The van der Waals surface area contributed by atoms with Crippen LogP contribution >= 0.6 is 0 Å². The molecule has 6 rings (SSSR count). The summed E-state index contributed by atoms with van der Waals surface area (Å²) in [5.74, 6) is 1.12. The lowest BCUT2D eigenvalue weighted by atomic mass is 10.2. The maximum Gasteiger partial charge on any atom is 0.267 e. The van der Waals surface area contributed by atoms with E-state index < -0.39 is 0 Å². The van der Waals surface area contributed by atoms with Crippen LogP contribution in [0.5, 0.6) is 11.5 Å². The van der Waals surface area contributed by atoms with Gasteiger partial charge in [0.15, 0.2) is 17.1 Å². The minimum atomic E-state index is -0.303. The average molecular weight is 555 g/mol. The average Bonchev–Trinajstić information content (AvgIpc) is 3.49. The molecule has 2 aromatic carbocycles. The van der Waals surface area contributed by atoms with Crippen LogP contribution in [-0.2, 0) is 16.1 Å². The fraction of sp³-hybridized carbons (Fsp3) is 0.214. The minimum absolute atomic E-state index is 0.0945. The maximum absolute atomic E-state index is 13.6. The summed E-state index contributed by atoms with van der Waals surface area (Å²) < 4.78 is 13.3. The standard InChI is InChI=1S/C28H26N8O5/c1-16(37)29-14-24(38)30-10-17-6-8-18(9-7-17)36-26-20(25-21(27(36)39)13-33-35-25)12-32-28(34-26)31-11-19-15-40-22-4-2-3-5-23(22)41-19/h2-9,12-13,19H,10-11,14-15H2,1H3,(H,29,37)(H,30,38)(H,33,35)(H,31,32,34). The van der Waals surface area contributed by atoms with Crippen molar-refractivity contribution in [2.45, 2.75) is 19.6 Å². The molecule has 4 N–H and O–H groups in total. The number of nitrogens with one attached hydrogen (secondary N) is 4. The number of nitrogens with zero attached hydrogens (tertiary/aromatic N) is 4. The zero-order valence-electron chi connectivity index (χ0n) is 22.0. The molecule has 5 aromatic rings. The molecule has 41 heavy (non-hydrogen) atoms. The summed E-state index contributed by atoms with van der Waals surface area (Å²) in [5.41, 5.74) is 1.98. The van der Waals surface area contributed by atoms with Gasteiger partial charge in [0.2, 0.25) is 17.8 Å². The molecule has 1 aliphatic rings. The van der Waals surface area contributed by atoms with Crippen LogP contribution in [-0.4, -0.2) is 62.3 Å². The Bertz CT molecular complexity index is 1810. The van der Waals surface area contributed by atoms with Crippen LogP contribution < -0.4 is 31.0 Å². The molecule has 13 heteroatoms. The molecule has 1 aliphatic heterocycles. The van der Waals surface area contributed by atoms with Crippen molar-refractivity contribution >= 4 is 39.7 Å². The van der Waals surface area contributed by atoms with Gasteiger partial charge in [-0.25, -0.2) is 4.98 Å². The number of pyridine rings is 1. The van der Waals surface area contributed by atoms with E-state index in [4.69, 9.17) is 9.47 Å². The Labute approximate surface area is 232 Å². The number of para-hydroxylation sites is 2. The molecule has 1 unspecified atom stereocenters. The Morgan fingerprint density at radius 3 is 2.68 bits per heavy atom. The zero-order valence-corrected chi connectivity index (χ0v) is 22.0. The Morgan fingerprint density at radius 2 is 1.88 bits per heavy atom. The quantitative estimate of drug-likeness (QED) is 0.223. The molecular weight excluding hydrogens is 528 g/mol. The van der Waals surface area contributed by atoms with Crippen molar-refractivity contribution in [1.29, 1.82) is 0 Å². The molecule has 0 saturated carbocycles. The fourth-order valence-electron chi connectivity index (χ4n) is 4.51. The number of anilines is 1. The predicted octanol–water partition coefficient (Wildman–Crippen LogP) is 1.66. The van der Waals surface area contributed by atoms with Crippen molar-refractivity contribution in [3.8, 4) is 17.2 Å². The number of fused-ring (bicyclic) bond motifs is 4. The first-order chi connectivity index (χ1) is 20.0. The van der Waals surface area contributed by atoms with E-state index in [2.05, 4.69) is 36.1 Å². The van der Waals surface area contributed by atoms with Crippen molar-refractivity contribution in [3.63, 3.8) is 0 Å². The summed E-state index contributed by atoms with van der Waals surface area (Å²) in [7, 11) is 0. The number of ether oxygens (including phenoxy) is 2. The lowest BCUT2D eigenvalue weighted by Gasteiger charge is -2.26. The second-order valence-electron chi connectivity index (χ2n) is 9.45. The van der Waals surface area contributed by atoms with Gasteiger partial charge in [-0.05, 0) is 29.8 Å². The van der Waals surface area contributed by atoms with Gasteiger partial charge in [-0.2, -0.15) is 10.1 Å². The third-order valence-corrected chi connectivity index (χ3v) is 6.55. The van der Waals surface area contributed by atoms with Crippen LogP contribution in [0.25, 0.3) is 27.6 Å². The molecule has 2 amide bonds. The molecule has 3 aromatic heterocycles. The van der Waals surface area contributed by atoms with Crippen molar-refractivity contribution in [3.05, 3.63) is 76.8 Å². The van der Waals surface area contributed by atoms with Gasteiger partial charge in [0, 0.05) is 25.9 Å². The molecule has 13 nitrogen and oxygen atoms in total. The molecule has 0 saturated heterocycles. The first-order valence-electron chi connectivity index (χ1n) is 12.9. The summed E-state index contributed by atoms with van der Waals surface area (Å²) in [5, 5.41) is 16.4. The number of carbonyl (C=O) groups excluding carboxylic acids is 2. The number of H-pyrrole nitrogens is 1. The van der Waals surface area contributed by atoms with Gasteiger partial charge in [-0.1, -0.05) is 24.3 Å². The van der Waals surface area contributed by atoms with E-state index in [1.165, 1.54) is 11.5 Å². The highest BCUT2D eigenvalue weighted by molar-refractivity contribution is 6.02. The van der Waals surface area contributed by atoms with Crippen molar-refractivity contribution in [2.75, 3.05) is 25.0 Å². The summed E-state index contributed by atoms with van der Waals surface area (Å²) in [4.78, 5) is 45.6. The highest BCUT2D eigenvalue weighted by atomic mass is 16.6. The van der Waals surface area contributed by atoms with Gasteiger partial charge in [-0.15, -0.1) is 0 Å². The van der Waals surface area contributed by atoms with E-state index in [-0.39, 0.29) is 36.6 Å². The topological polar surface area (TPSA) is 165 Å². The minimum Gasteiger partial charge on any atom is -0.486 e. The zero-order chi connectivity index (χ0) is 28.3. The van der Waals surface area contributed by atoms with Crippen LogP contribution in [0.1, 0.15) is 12.5 Å². The molecule has 0 radical (unpaired) electrons. The van der Waals surface area contributed by atoms with Crippen molar-refractivity contribution in [1.82, 2.24) is 35.4 Å². The third-order valence-electron chi connectivity index (χ3n) is 6.55. The number of benzene rings is 2. The largest absolute Gasteiger partial charge is 0.486 e. The van der Waals surface area contributed by atoms with Gasteiger partial charge in [-0.3, -0.25) is 24.0 Å². The second kappa shape index (κ2) is 11.0. The molecule has 1 atom stereocenters. The molecule has 0 fully saturated rings. The monoisotopic (exact) mass is 554 g/mol. The molecule has 0 spiro atoms. The van der Waals surface area contributed by atoms with Gasteiger partial charge in [0.05, 0.1) is 29.5 Å². The summed E-state index contributed by atoms with van der Waals surface area (Å²) in [6, 6.07) is 14.7. The summed E-state index contributed by atoms with van der Waals surface area (Å²) >= 11 is 0. The number of carbonyl (C=O) groups is 2. The number of rotatable bonds is 8. The Hall–Kier alpha value is -5.46. The number of hydrogen-bond acceptors (Lipinski definition) is 9. The normalized spacial score (nSPS) is 14.1. The predicted molar refractivity (Wildman–Crippen MR) is 150 cm³/mol. The van der Waals surface area contributed by atoms with Gasteiger partial charge in [0.25, 0.3) is 5.56 Å². The molecule has 0 aliphatic carbocycles. The summed E-state index contributed by atoms with van der Waals surface area (Å²) in [6.45, 7) is 2.28. The molecule has 208 valence electrons. The van der Waals surface area contributed by atoms with Crippen LogP contribution in [0.2, 0.25) is 0 Å². The van der Waals surface area contributed by atoms with E-state index in [9.17, 15) is 14.4 Å². The SMILES string of the molecule is CC(=O)NCC(=O)NCc1ccc(-n2c(=O)c3c[nH]nc3c3cnc(NCC4COc5ccccc5O4)nc32)cc1. The first kappa shape index (κ1) is 25.8. The maximum atomic E-state index is 13.6.